The largest absolute Gasteiger partial charge is 0.494 e. The van der Waals surface area contributed by atoms with Crippen LogP contribution in [0.3, 0.4) is 0 Å². The lowest BCUT2D eigenvalue weighted by Gasteiger charge is -2.20. The zero-order valence-electron chi connectivity index (χ0n) is 18.1. The van der Waals surface area contributed by atoms with Crippen molar-refractivity contribution in [2.75, 3.05) is 26.2 Å². The number of rotatable bonds is 11. The highest BCUT2D eigenvalue weighted by Crippen LogP contribution is 2.19. The Bertz CT molecular complexity index is 753. The first-order valence-electron chi connectivity index (χ1n) is 10.4. The molecule has 29 heavy (non-hydrogen) atoms. The van der Waals surface area contributed by atoms with Crippen LogP contribution in [0.25, 0.3) is 0 Å². The van der Waals surface area contributed by atoms with Crippen LogP contribution in [0.15, 0.2) is 41.7 Å². The van der Waals surface area contributed by atoms with Crippen LogP contribution in [-0.4, -0.2) is 47.1 Å². The summed E-state index contributed by atoms with van der Waals surface area (Å²) in [5, 5.41) is 21.4. The maximum Gasteiger partial charge on any atom is 0.191 e. The molecule has 7 heteroatoms. The molecule has 0 bridgehead atoms. The molecular formula is C22H35N5O2. The Morgan fingerprint density at radius 1 is 1.24 bits per heavy atom. The van der Waals surface area contributed by atoms with Gasteiger partial charge in [0.15, 0.2) is 5.96 Å². The van der Waals surface area contributed by atoms with E-state index < -0.39 is 5.60 Å². The second-order valence-corrected chi connectivity index (χ2v) is 7.39. The normalized spacial score (nSPS) is 13.8. The highest BCUT2D eigenvalue weighted by Gasteiger charge is 2.24. The van der Waals surface area contributed by atoms with Crippen LogP contribution in [0.2, 0.25) is 0 Å². The molecule has 0 saturated heterocycles. The number of unbranched alkanes of at least 4 members (excludes halogenated alkanes) is 1. The number of nitrogens with one attached hydrogen (secondary N) is 2. The molecule has 7 nitrogen and oxygen atoms in total. The molecule has 2 aromatic rings. The van der Waals surface area contributed by atoms with Crippen molar-refractivity contribution in [1.82, 2.24) is 20.4 Å². The van der Waals surface area contributed by atoms with Crippen LogP contribution in [-0.2, 0) is 19.1 Å². The molecule has 160 valence electrons. The van der Waals surface area contributed by atoms with Crippen molar-refractivity contribution in [3.63, 3.8) is 0 Å². The summed E-state index contributed by atoms with van der Waals surface area (Å²) in [6.45, 7) is 8.45. The van der Waals surface area contributed by atoms with Gasteiger partial charge in [0, 0.05) is 31.9 Å². The number of hydrogen-bond donors (Lipinski definition) is 3. The molecule has 1 unspecified atom stereocenters. The SMILES string of the molecule is CCCCOc1ccc(CCNC(=NCC(C)(O)c2cnn(C)c2)NCC)cc1. The maximum absolute atomic E-state index is 10.7. The fourth-order valence-electron chi connectivity index (χ4n) is 2.78. The van der Waals surface area contributed by atoms with Crippen molar-refractivity contribution in [3.8, 4) is 5.75 Å². The molecular weight excluding hydrogens is 366 g/mol. The van der Waals surface area contributed by atoms with Crippen LogP contribution in [0, 0.1) is 0 Å². The van der Waals surface area contributed by atoms with Gasteiger partial charge in [0.25, 0.3) is 0 Å². The van der Waals surface area contributed by atoms with Gasteiger partial charge in [-0.1, -0.05) is 25.5 Å². The van der Waals surface area contributed by atoms with Gasteiger partial charge in [-0.15, -0.1) is 0 Å². The smallest absolute Gasteiger partial charge is 0.191 e. The maximum atomic E-state index is 10.7. The molecule has 1 heterocycles. The predicted octanol–water partition coefficient (Wildman–Crippen LogP) is 2.60. The average Bonchev–Trinajstić information content (AvgIpc) is 3.15. The van der Waals surface area contributed by atoms with Crippen LogP contribution >= 0.6 is 0 Å². The molecule has 0 fully saturated rings. The van der Waals surface area contributed by atoms with Crippen LogP contribution in [0.5, 0.6) is 5.75 Å². The average molecular weight is 402 g/mol. The van der Waals surface area contributed by atoms with E-state index in [1.165, 1.54) is 5.56 Å². The molecule has 0 amide bonds. The number of aromatic nitrogens is 2. The predicted molar refractivity (Wildman–Crippen MR) is 117 cm³/mol. The lowest BCUT2D eigenvalue weighted by atomic mass is 10.0. The number of hydrogen-bond acceptors (Lipinski definition) is 4. The zero-order chi connectivity index (χ0) is 21.1. The number of ether oxygens (including phenoxy) is 1. The van der Waals surface area contributed by atoms with Crippen molar-refractivity contribution in [2.24, 2.45) is 12.0 Å². The Morgan fingerprint density at radius 2 is 2.00 bits per heavy atom. The summed E-state index contributed by atoms with van der Waals surface area (Å²) >= 11 is 0. The van der Waals surface area contributed by atoms with E-state index >= 15 is 0 Å². The van der Waals surface area contributed by atoms with Gasteiger partial charge in [0.05, 0.1) is 19.3 Å². The summed E-state index contributed by atoms with van der Waals surface area (Å²) in [7, 11) is 1.83. The molecule has 1 atom stereocenters. The second-order valence-electron chi connectivity index (χ2n) is 7.39. The molecule has 2 rings (SSSR count). The van der Waals surface area contributed by atoms with E-state index in [9.17, 15) is 5.11 Å². The summed E-state index contributed by atoms with van der Waals surface area (Å²) in [5.41, 5.74) is 0.920. The zero-order valence-corrected chi connectivity index (χ0v) is 18.1. The van der Waals surface area contributed by atoms with Gasteiger partial charge in [0.1, 0.15) is 11.4 Å². The van der Waals surface area contributed by atoms with Crippen molar-refractivity contribution < 1.29 is 9.84 Å². The fraction of sp³-hybridized carbons (Fsp3) is 0.545. The summed E-state index contributed by atoms with van der Waals surface area (Å²) in [6, 6.07) is 8.24. The number of aliphatic hydroxyl groups is 1. The molecule has 0 radical (unpaired) electrons. The molecule has 0 saturated carbocycles. The minimum absolute atomic E-state index is 0.248. The summed E-state index contributed by atoms with van der Waals surface area (Å²) < 4.78 is 7.38. The van der Waals surface area contributed by atoms with E-state index in [4.69, 9.17) is 4.74 Å². The highest BCUT2D eigenvalue weighted by atomic mass is 16.5. The Balaban J connectivity index is 1.84. The van der Waals surface area contributed by atoms with Gasteiger partial charge in [0.2, 0.25) is 0 Å². The number of benzene rings is 1. The van der Waals surface area contributed by atoms with Crippen LogP contribution in [0.1, 0.15) is 44.7 Å². The first-order chi connectivity index (χ1) is 13.9. The molecule has 0 aliphatic heterocycles. The lowest BCUT2D eigenvalue weighted by molar-refractivity contribution is 0.0672. The van der Waals surface area contributed by atoms with E-state index in [2.05, 4.69) is 39.8 Å². The second kappa shape index (κ2) is 11.5. The van der Waals surface area contributed by atoms with Gasteiger partial charge in [-0.2, -0.15) is 5.10 Å². The van der Waals surface area contributed by atoms with Gasteiger partial charge in [-0.05, 0) is 44.4 Å². The molecule has 3 N–H and O–H groups in total. The number of guanidine groups is 1. The third-order valence-corrected chi connectivity index (χ3v) is 4.61. The van der Waals surface area contributed by atoms with E-state index in [1.807, 2.05) is 32.3 Å². The summed E-state index contributed by atoms with van der Waals surface area (Å²) in [4.78, 5) is 4.55. The molecule has 0 spiro atoms. The first kappa shape index (κ1) is 22.7. The monoisotopic (exact) mass is 401 g/mol. The number of aliphatic imine (C=N–C) groups is 1. The van der Waals surface area contributed by atoms with Gasteiger partial charge in [-0.25, -0.2) is 4.99 Å². The van der Waals surface area contributed by atoms with Crippen molar-refractivity contribution in [2.45, 2.75) is 45.6 Å². The van der Waals surface area contributed by atoms with E-state index in [0.717, 1.165) is 50.3 Å². The Kier molecular flexibility index (Phi) is 8.99. The Labute approximate surface area is 174 Å². The van der Waals surface area contributed by atoms with Crippen molar-refractivity contribution in [1.29, 1.82) is 0 Å². The van der Waals surface area contributed by atoms with Crippen LogP contribution in [0.4, 0.5) is 0 Å². The standard InChI is InChI=1S/C22H35N5O2/c1-5-7-14-29-20-10-8-18(9-11-20)12-13-24-21(23-6-2)25-17-22(3,28)19-15-26-27(4)16-19/h8-11,15-16,28H,5-7,12-14,17H2,1-4H3,(H2,23,24,25). The third-order valence-electron chi connectivity index (χ3n) is 4.61. The highest BCUT2D eigenvalue weighted by molar-refractivity contribution is 5.79. The van der Waals surface area contributed by atoms with E-state index in [0.29, 0.717) is 5.96 Å². The minimum Gasteiger partial charge on any atom is -0.494 e. The Hall–Kier alpha value is -2.54. The molecule has 1 aromatic heterocycles. The topological polar surface area (TPSA) is 83.7 Å². The van der Waals surface area contributed by atoms with E-state index in [-0.39, 0.29) is 6.54 Å². The third kappa shape index (κ3) is 7.77. The molecule has 0 aliphatic carbocycles. The van der Waals surface area contributed by atoms with Crippen molar-refractivity contribution in [3.05, 3.63) is 47.8 Å². The van der Waals surface area contributed by atoms with Gasteiger partial charge >= 0.3 is 0 Å². The summed E-state index contributed by atoms with van der Waals surface area (Å²) in [5.74, 6) is 1.61. The van der Waals surface area contributed by atoms with Gasteiger partial charge in [-0.3, -0.25) is 4.68 Å². The van der Waals surface area contributed by atoms with E-state index in [1.54, 1.807) is 17.8 Å². The number of nitrogens with zero attached hydrogens (tertiary/aromatic N) is 3. The molecule has 1 aromatic carbocycles. The fourth-order valence-corrected chi connectivity index (χ4v) is 2.78. The summed E-state index contributed by atoms with van der Waals surface area (Å²) in [6.07, 6.45) is 6.57. The lowest BCUT2D eigenvalue weighted by Crippen LogP contribution is -2.39. The number of aryl methyl sites for hydroxylation is 1. The quantitative estimate of drug-likeness (QED) is 0.306. The Morgan fingerprint density at radius 3 is 2.62 bits per heavy atom. The van der Waals surface area contributed by atoms with Gasteiger partial charge < -0.3 is 20.5 Å². The minimum atomic E-state index is -1.07. The molecule has 0 aliphatic rings. The first-order valence-corrected chi connectivity index (χ1v) is 10.4. The van der Waals surface area contributed by atoms with Crippen LogP contribution < -0.4 is 15.4 Å². The van der Waals surface area contributed by atoms with Crippen molar-refractivity contribution >= 4 is 5.96 Å².